The summed E-state index contributed by atoms with van der Waals surface area (Å²) < 4.78 is 31.9. The predicted octanol–water partition coefficient (Wildman–Crippen LogP) is 2.73. The largest absolute Gasteiger partial charge is 0.481 e. The van der Waals surface area contributed by atoms with Gasteiger partial charge in [0, 0.05) is 19.7 Å². The van der Waals surface area contributed by atoms with Gasteiger partial charge in [-0.3, -0.25) is 9.59 Å². The smallest absolute Gasteiger partial charge is 0.305 e. The Morgan fingerprint density at radius 1 is 1.25 bits per heavy atom. The number of hydrogen-bond acceptors (Lipinski definition) is 3. The van der Waals surface area contributed by atoms with E-state index < -0.39 is 17.6 Å². The van der Waals surface area contributed by atoms with Crippen LogP contribution < -0.4 is 0 Å². The lowest BCUT2D eigenvalue weighted by atomic mass is 10.1. The van der Waals surface area contributed by atoms with Crippen LogP contribution >= 0.6 is 0 Å². The van der Waals surface area contributed by atoms with Gasteiger partial charge in [0.1, 0.15) is 0 Å². The van der Waals surface area contributed by atoms with Gasteiger partial charge in [0.15, 0.2) is 11.6 Å². The van der Waals surface area contributed by atoms with E-state index in [0.717, 1.165) is 31.4 Å². The van der Waals surface area contributed by atoms with Gasteiger partial charge in [0.25, 0.3) is 0 Å². The van der Waals surface area contributed by atoms with Crippen LogP contribution in [0.3, 0.4) is 0 Å². The molecule has 1 aliphatic heterocycles. The van der Waals surface area contributed by atoms with E-state index in [1.165, 1.54) is 11.0 Å². The number of carbonyl (C=O) groups is 2. The van der Waals surface area contributed by atoms with Gasteiger partial charge in [-0.2, -0.15) is 0 Å². The van der Waals surface area contributed by atoms with Gasteiger partial charge >= 0.3 is 5.97 Å². The van der Waals surface area contributed by atoms with E-state index in [-0.39, 0.29) is 37.9 Å². The highest BCUT2D eigenvalue weighted by Gasteiger charge is 2.22. The Morgan fingerprint density at radius 3 is 2.67 bits per heavy atom. The molecule has 1 heterocycles. The van der Waals surface area contributed by atoms with Gasteiger partial charge in [-0.05, 0) is 37.0 Å². The first kappa shape index (κ1) is 18.3. The molecule has 132 valence electrons. The molecule has 0 bridgehead atoms. The molecule has 1 N–H and O–H groups in total. The summed E-state index contributed by atoms with van der Waals surface area (Å²) in [6, 6.07) is 3.40. The summed E-state index contributed by atoms with van der Waals surface area (Å²) in [5, 5.41) is 8.84. The average molecular weight is 341 g/mol. The Labute approximate surface area is 139 Å². The Balaban J connectivity index is 2.03. The molecular formula is C17H21F2NO4. The van der Waals surface area contributed by atoms with Crippen molar-refractivity contribution in [2.75, 3.05) is 13.2 Å². The number of halogens is 2. The SMILES string of the molecule is O=C(O)CCN(Cc1ccc(F)c(F)c1)C(=O)CC1CCCCO1. The van der Waals surface area contributed by atoms with Crippen LogP contribution in [0.15, 0.2) is 18.2 Å². The number of carbonyl (C=O) groups excluding carboxylic acids is 1. The molecule has 0 aromatic heterocycles. The minimum atomic E-state index is -1.02. The van der Waals surface area contributed by atoms with Crippen molar-refractivity contribution < 1.29 is 28.2 Å². The van der Waals surface area contributed by atoms with Crippen molar-refractivity contribution in [1.29, 1.82) is 0 Å². The molecule has 1 atom stereocenters. The molecule has 24 heavy (non-hydrogen) atoms. The summed E-state index contributed by atoms with van der Waals surface area (Å²) in [6.07, 6.45) is 2.57. The number of hydrogen-bond donors (Lipinski definition) is 1. The van der Waals surface area contributed by atoms with Crippen LogP contribution in [0.2, 0.25) is 0 Å². The minimum Gasteiger partial charge on any atom is -0.481 e. The summed E-state index contributed by atoms with van der Waals surface area (Å²) >= 11 is 0. The zero-order valence-electron chi connectivity index (χ0n) is 13.3. The molecule has 0 spiro atoms. The number of carboxylic acid groups (broad SMARTS) is 1. The fraction of sp³-hybridized carbons (Fsp3) is 0.529. The maximum atomic E-state index is 13.3. The number of carboxylic acids is 1. The van der Waals surface area contributed by atoms with E-state index in [4.69, 9.17) is 9.84 Å². The lowest BCUT2D eigenvalue weighted by Crippen LogP contribution is -2.36. The first-order valence-electron chi connectivity index (χ1n) is 8.01. The Morgan fingerprint density at radius 2 is 2.04 bits per heavy atom. The highest BCUT2D eigenvalue weighted by atomic mass is 19.2. The number of benzene rings is 1. The molecule has 0 radical (unpaired) electrons. The van der Waals surface area contributed by atoms with Crippen molar-refractivity contribution in [3.05, 3.63) is 35.4 Å². The predicted molar refractivity (Wildman–Crippen MR) is 82.2 cm³/mol. The lowest BCUT2D eigenvalue weighted by molar-refractivity contribution is -0.139. The third-order valence-corrected chi connectivity index (χ3v) is 3.98. The maximum absolute atomic E-state index is 13.3. The molecule has 7 heteroatoms. The average Bonchev–Trinajstić information content (AvgIpc) is 2.55. The molecule has 1 aromatic rings. The van der Waals surface area contributed by atoms with Gasteiger partial charge in [-0.1, -0.05) is 6.07 Å². The van der Waals surface area contributed by atoms with E-state index in [1.54, 1.807) is 0 Å². The van der Waals surface area contributed by atoms with Gasteiger partial charge in [-0.25, -0.2) is 8.78 Å². The third kappa shape index (κ3) is 5.56. The Kier molecular flexibility index (Phi) is 6.66. The quantitative estimate of drug-likeness (QED) is 0.828. The molecule has 5 nitrogen and oxygen atoms in total. The molecule has 0 aliphatic carbocycles. The number of nitrogens with zero attached hydrogens (tertiary/aromatic N) is 1. The van der Waals surface area contributed by atoms with E-state index in [1.807, 2.05) is 0 Å². The monoisotopic (exact) mass is 341 g/mol. The summed E-state index contributed by atoms with van der Waals surface area (Å²) in [4.78, 5) is 24.6. The molecule has 1 unspecified atom stereocenters. The van der Waals surface area contributed by atoms with Gasteiger partial charge < -0.3 is 14.7 Å². The van der Waals surface area contributed by atoms with Crippen LogP contribution in [0.4, 0.5) is 8.78 Å². The Hall–Kier alpha value is -2.02. The molecule has 1 aliphatic rings. The summed E-state index contributed by atoms with van der Waals surface area (Å²) in [5.41, 5.74) is 0.414. The molecule has 1 fully saturated rings. The zero-order valence-corrected chi connectivity index (χ0v) is 13.3. The van der Waals surface area contributed by atoms with E-state index in [0.29, 0.717) is 12.2 Å². The first-order valence-corrected chi connectivity index (χ1v) is 8.01. The molecule has 1 aromatic carbocycles. The van der Waals surface area contributed by atoms with E-state index in [2.05, 4.69) is 0 Å². The maximum Gasteiger partial charge on any atom is 0.305 e. The van der Waals surface area contributed by atoms with E-state index in [9.17, 15) is 18.4 Å². The number of amides is 1. The second kappa shape index (κ2) is 8.73. The second-order valence-corrected chi connectivity index (χ2v) is 5.90. The summed E-state index contributed by atoms with van der Waals surface area (Å²) in [6.45, 7) is 0.673. The van der Waals surface area contributed by atoms with Crippen molar-refractivity contribution in [3.63, 3.8) is 0 Å². The summed E-state index contributed by atoms with van der Waals surface area (Å²) in [7, 11) is 0. The van der Waals surface area contributed by atoms with Crippen LogP contribution in [0.25, 0.3) is 0 Å². The molecule has 0 saturated carbocycles. The number of rotatable bonds is 7. The van der Waals surface area contributed by atoms with Crippen molar-refractivity contribution in [1.82, 2.24) is 4.90 Å². The van der Waals surface area contributed by atoms with Crippen LogP contribution in [0, 0.1) is 11.6 Å². The fourth-order valence-electron chi connectivity index (χ4n) is 2.67. The second-order valence-electron chi connectivity index (χ2n) is 5.90. The zero-order chi connectivity index (χ0) is 17.5. The lowest BCUT2D eigenvalue weighted by Gasteiger charge is -2.27. The van der Waals surface area contributed by atoms with Crippen LogP contribution in [0.1, 0.15) is 37.7 Å². The highest BCUT2D eigenvalue weighted by Crippen LogP contribution is 2.18. The van der Waals surface area contributed by atoms with Crippen molar-refractivity contribution in [3.8, 4) is 0 Å². The minimum absolute atomic E-state index is 0.0138. The van der Waals surface area contributed by atoms with Crippen molar-refractivity contribution in [2.45, 2.75) is 44.8 Å². The highest BCUT2D eigenvalue weighted by molar-refractivity contribution is 5.77. The van der Waals surface area contributed by atoms with Crippen LogP contribution in [0.5, 0.6) is 0 Å². The first-order chi connectivity index (χ1) is 11.5. The van der Waals surface area contributed by atoms with Crippen LogP contribution in [-0.2, 0) is 20.9 Å². The Bertz CT molecular complexity index is 588. The number of ether oxygens (including phenoxy) is 1. The summed E-state index contributed by atoms with van der Waals surface area (Å²) in [5.74, 6) is -3.22. The molecular weight excluding hydrogens is 320 g/mol. The molecule has 2 rings (SSSR count). The van der Waals surface area contributed by atoms with Gasteiger partial charge in [-0.15, -0.1) is 0 Å². The van der Waals surface area contributed by atoms with E-state index >= 15 is 0 Å². The topological polar surface area (TPSA) is 66.8 Å². The van der Waals surface area contributed by atoms with Gasteiger partial charge in [0.05, 0.1) is 18.9 Å². The van der Waals surface area contributed by atoms with Crippen molar-refractivity contribution >= 4 is 11.9 Å². The van der Waals surface area contributed by atoms with Crippen LogP contribution in [-0.4, -0.2) is 41.1 Å². The van der Waals surface area contributed by atoms with Gasteiger partial charge in [0.2, 0.25) is 5.91 Å². The fourth-order valence-corrected chi connectivity index (χ4v) is 2.67. The molecule has 1 amide bonds. The standard InChI is InChI=1S/C17H21F2NO4/c18-14-5-4-12(9-15(14)19)11-20(7-6-17(22)23)16(21)10-13-3-1-2-8-24-13/h4-5,9,13H,1-3,6-8,10-11H2,(H,22,23). The number of aliphatic carboxylic acids is 1. The third-order valence-electron chi connectivity index (χ3n) is 3.98. The normalized spacial score (nSPS) is 17.5. The molecule has 1 saturated heterocycles. The van der Waals surface area contributed by atoms with Crippen molar-refractivity contribution in [2.24, 2.45) is 0 Å².